The van der Waals surface area contributed by atoms with Crippen molar-refractivity contribution >= 4 is 40.6 Å². The monoisotopic (exact) mass is 538 g/mol. The first-order chi connectivity index (χ1) is 18.0. The number of fused-ring (bicyclic) bond motifs is 1. The number of ketones is 1. The molecule has 11 heteroatoms. The predicted molar refractivity (Wildman–Crippen MR) is 149 cm³/mol. The lowest BCUT2D eigenvalue weighted by Crippen LogP contribution is -2.59. The van der Waals surface area contributed by atoms with Gasteiger partial charge >= 0.3 is 5.97 Å². The average Bonchev–Trinajstić information content (AvgIpc) is 3.35. The van der Waals surface area contributed by atoms with Crippen LogP contribution in [0, 0.1) is 0 Å². The van der Waals surface area contributed by atoms with Gasteiger partial charge in [0.15, 0.2) is 5.78 Å². The molecule has 1 atom stereocenters. The highest BCUT2D eigenvalue weighted by atomic mass is 32.1. The maximum Gasteiger partial charge on any atom is 0.328 e. The zero-order chi connectivity index (χ0) is 27.6. The fourth-order valence-corrected chi connectivity index (χ4v) is 5.51. The molecule has 1 N–H and O–H groups in total. The van der Waals surface area contributed by atoms with E-state index in [0.717, 1.165) is 35.2 Å². The second-order valence-corrected chi connectivity index (χ2v) is 10.9. The molecular formula is C27H34N6O4S. The summed E-state index contributed by atoms with van der Waals surface area (Å²) in [5.41, 5.74) is 2.32. The smallest absolute Gasteiger partial charge is 0.328 e. The normalized spacial score (nSPS) is 16.8. The molecule has 202 valence electrons. The average molecular weight is 539 g/mol. The molecule has 3 aromatic heterocycles. The lowest BCUT2D eigenvalue weighted by molar-refractivity contribution is -0.131. The van der Waals surface area contributed by atoms with Crippen LogP contribution in [0.4, 0.5) is 5.82 Å². The van der Waals surface area contributed by atoms with E-state index in [4.69, 9.17) is 9.97 Å². The van der Waals surface area contributed by atoms with Gasteiger partial charge in [-0.3, -0.25) is 14.0 Å². The quantitative estimate of drug-likeness (QED) is 0.411. The number of carbonyl (C=O) groups is 2. The van der Waals surface area contributed by atoms with Crippen molar-refractivity contribution in [2.45, 2.75) is 45.6 Å². The zero-order valence-corrected chi connectivity index (χ0v) is 23.2. The number of carboxylic acid groups (broad SMARTS) is 1. The molecule has 1 unspecified atom stereocenters. The summed E-state index contributed by atoms with van der Waals surface area (Å²) in [6.45, 7) is 7.31. The number of hydrogen-bond acceptors (Lipinski definition) is 9. The Kier molecular flexibility index (Phi) is 8.39. The number of thiazole rings is 1. The van der Waals surface area contributed by atoms with E-state index >= 15 is 0 Å². The van der Waals surface area contributed by atoms with Gasteiger partial charge in [0.05, 0.1) is 16.3 Å². The Morgan fingerprint density at radius 2 is 2.00 bits per heavy atom. The Balaban J connectivity index is 1.74. The van der Waals surface area contributed by atoms with E-state index in [0.29, 0.717) is 37.0 Å². The van der Waals surface area contributed by atoms with E-state index in [-0.39, 0.29) is 16.9 Å². The Morgan fingerprint density at radius 3 is 2.63 bits per heavy atom. The number of carboxylic acids is 1. The number of nitrogens with zero attached hydrogens (tertiary/aromatic N) is 6. The maximum absolute atomic E-state index is 13.6. The molecule has 1 saturated heterocycles. The van der Waals surface area contributed by atoms with E-state index in [1.54, 1.807) is 17.5 Å². The maximum atomic E-state index is 13.6. The van der Waals surface area contributed by atoms with Crippen LogP contribution in [0.25, 0.3) is 11.7 Å². The van der Waals surface area contributed by atoms with E-state index < -0.39 is 12.0 Å². The summed E-state index contributed by atoms with van der Waals surface area (Å²) in [6, 6.07) is 3.23. The number of aryl methyl sites for hydroxylation is 2. The number of carbonyl (C=O) groups excluding carboxylic acids is 1. The van der Waals surface area contributed by atoms with Gasteiger partial charge in [0.2, 0.25) is 0 Å². The van der Waals surface area contributed by atoms with Gasteiger partial charge in [0.1, 0.15) is 17.5 Å². The summed E-state index contributed by atoms with van der Waals surface area (Å²) in [5.74, 6) is -0.508. The van der Waals surface area contributed by atoms with Crippen molar-refractivity contribution < 1.29 is 14.7 Å². The van der Waals surface area contributed by atoms with Gasteiger partial charge in [-0.25, -0.2) is 24.8 Å². The van der Waals surface area contributed by atoms with Crippen LogP contribution in [0.2, 0.25) is 0 Å². The van der Waals surface area contributed by atoms with Gasteiger partial charge < -0.3 is 10.0 Å². The molecule has 1 fully saturated rings. The number of hydrazine groups is 1. The minimum Gasteiger partial charge on any atom is -0.478 e. The van der Waals surface area contributed by atoms with E-state index in [1.165, 1.54) is 17.4 Å². The fraction of sp³-hybridized carbons (Fsp3) is 0.444. The first-order valence-electron chi connectivity index (χ1n) is 12.6. The molecule has 4 heterocycles. The van der Waals surface area contributed by atoms with Crippen LogP contribution < -0.4 is 10.5 Å². The highest BCUT2D eigenvalue weighted by molar-refractivity contribution is 7.09. The third kappa shape index (κ3) is 6.01. The van der Waals surface area contributed by atoms with Crippen LogP contribution in [0.5, 0.6) is 0 Å². The van der Waals surface area contributed by atoms with Crippen molar-refractivity contribution in [1.29, 1.82) is 0 Å². The highest BCUT2D eigenvalue weighted by Crippen LogP contribution is 2.25. The fourth-order valence-electron chi connectivity index (χ4n) is 4.55. The van der Waals surface area contributed by atoms with E-state index in [2.05, 4.69) is 24.2 Å². The Labute approximate surface area is 225 Å². The van der Waals surface area contributed by atoms with Gasteiger partial charge in [-0.05, 0) is 43.0 Å². The molecule has 0 spiro atoms. The molecular weight excluding hydrogens is 504 g/mol. The number of hydrogen-bond donors (Lipinski definition) is 1. The Morgan fingerprint density at radius 1 is 1.24 bits per heavy atom. The lowest BCUT2D eigenvalue weighted by atomic mass is 10.1. The number of aliphatic carboxylic acids is 1. The Hall–Kier alpha value is -3.41. The highest BCUT2D eigenvalue weighted by Gasteiger charge is 2.34. The topological polar surface area (TPSA) is 111 Å². The van der Waals surface area contributed by atoms with Crippen LogP contribution in [0.15, 0.2) is 34.6 Å². The number of rotatable bonds is 9. The predicted octanol–water partition coefficient (Wildman–Crippen LogP) is 2.71. The van der Waals surface area contributed by atoms with Crippen LogP contribution in [-0.4, -0.2) is 81.0 Å². The van der Waals surface area contributed by atoms with E-state index in [9.17, 15) is 19.5 Å². The minimum absolute atomic E-state index is 0.0512. The molecule has 0 aromatic carbocycles. The van der Waals surface area contributed by atoms with Gasteiger partial charge in [-0.1, -0.05) is 13.8 Å². The molecule has 0 radical (unpaired) electrons. The number of piperazine rings is 1. The standard InChI is InChI=1S/C27H34N6O4S/c1-17(2)21-16-38-24(28-21)8-6-19-10-11-33-23(14-19)29-26(20(27(33)37)7-9-25(35)36)32-13-12-31(30(4)5)15-22(32)18(3)34/h7,9-11,14,16-17,22H,6,8,12-13,15H2,1-5H3,(H,35,36)/b9-7+. The molecule has 0 saturated carbocycles. The largest absolute Gasteiger partial charge is 0.478 e. The number of Topliss-reactive ketones (excluding diaryl/α,β-unsaturated/α-hetero) is 1. The molecule has 0 amide bonds. The van der Waals surface area contributed by atoms with Crippen molar-refractivity contribution in [2.24, 2.45) is 0 Å². The molecule has 0 bridgehead atoms. The second kappa shape index (κ2) is 11.5. The second-order valence-electron chi connectivity index (χ2n) is 9.99. The van der Waals surface area contributed by atoms with Crippen LogP contribution >= 0.6 is 11.3 Å². The summed E-state index contributed by atoms with van der Waals surface area (Å²) in [5, 5.41) is 16.4. The van der Waals surface area contributed by atoms with Crippen LogP contribution in [-0.2, 0) is 22.4 Å². The van der Waals surface area contributed by atoms with Crippen molar-refractivity contribution in [3.05, 3.63) is 62.0 Å². The molecule has 0 aliphatic carbocycles. The number of anilines is 1. The molecule has 1 aliphatic heterocycles. The number of aromatic nitrogens is 3. The van der Waals surface area contributed by atoms with Gasteiger partial charge in [-0.15, -0.1) is 11.3 Å². The summed E-state index contributed by atoms with van der Waals surface area (Å²) >= 11 is 1.66. The Bertz CT molecular complexity index is 1430. The van der Waals surface area contributed by atoms with Crippen molar-refractivity contribution in [1.82, 2.24) is 24.4 Å². The molecule has 10 nitrogen and oxygen atoms in total. The molecule has 38 heavy (non-hydrogen) atoms. The van der Waals surface area contributed by atoms with Gasteiger partial charge in [-0.2, -0.15) is 0 Å². The van der Waals surface area contributed by atoms with Gasteiger partial charge in [0.25, 0.3) is 5.56 Å². The van der Waals surface area contributed by atoms with Crippen molar-refractivity contribution in [3.63, 3.8) is 0 Å². The molecule has 3 aromatic rings. The molecule has 1 aliphatic rings. The first-order valence-corrected chi connectivity index (χ1v) is 13.5. The van der Waals surface area contributed by atoms with Gasteiger partial charge in [0, 0.05) is 57.8 Å². The minimum atomic E-state index is -1.17. The SMILES string of the molecule is CC(=O)C1CN(N(C)C)CCN1c1nc2cc(CCc3nc(C(C)C)cs3)ccn2c(=O)c1/C=C/C(=O)O. The number of pyridine rings is 1. The third-order valence-corrected chi connectivity index (χ3v) is 7.68. The third-order valence-electron chi connectivity index (χ3n) is 6.76. The summed E-state index contributed by atoms with van der Waals surface area (Å²) in [6.07, 6.45) is 5.41. The molecule has 4 rings (SSSR count). The van der Waals surface area contributed by atoms with Crippen LogP contribution in [0.3, 0.4) is 0 Å². The van der Waals surface area contributed by atoms with E-state index in [1.807, 2.05) is 36.1 Å². The zero-order valence-electron chi connectivity index (χ0n) is 22.4. The lowest BCUT2D eigenvalue weighted by Gasteiger charge is -2.43. The summed E-state index contributed by atoms with van der Waals surface area (Å²) < 4.78 is 1.42. The summed E-state index contributed by atoms with van der Waals surface area (Å²) in [4.78, 5) is 48.9. The van der Waals surface area contributed by atoms with Crippen LogP contribution in [0.1, 0.15) is 48.5 Å². The summed E-state index contributed by atoms with van der Waals surface area (Å²) in [7, 11) is 3.84. The van der Waals surface area contributed by atoms with Crippen molar-refractivity contribution in [2.75, 3.05) is 38.6 Å². The first kappa shape index (κ1) is 27.6. The van der Waals surface area contributed by atoms with Crippen molar-refractivity contribution in [3.8, 4) is 0 Å².